The van der Waals surface area contributed by atoms with Crippen molar-refractivity contribution in [1.82, 2.24) is 14.8 Å². The predicted molar refractivity (Wildman–Crippen MR) is 133 cm³/mol. The van der Waals surface area contributed by atoms with Crippen LogP contribution in [0, 0.1) is 6.92 Å². The van der Waals surface area contributed by atoms with E-state index in [1.54, 1.807) is 4.90 Å². The molecule has 8 heteroatoms. The standard InChI is InChI=1S/C28H33F4N3O/c1-18-12-21(36-22-15-34(16-22)11-5-10-29)9-8-20(18)14-26-27-24(23-6-3-4-7-25(23)33-27)13-19(2)35(26)17-28(30,31)32/h3-4,6-9,12,19,22,26,33H,5,10-11,13-17H2,1-2H3. The summed E-state index contributed by atoms with van der Waals surface area (Å²) >= 11 is 0. The quantitative estimate of drug-likeness (QED) is 0.383. The molecule has 1 fully saturated rings. The van der Waals surface area contributed by atoms with Crippen LogP contribution in [0.2, 0.25) is 0 Å². The van der Waals surface area contributed by atoms with Crippen LogP contribution >= 0.6 is 0 Å². The number of alkyl halides is 4. The first-order valence-electron chi connectivity index (χ1n) is 12.7. The number of halogens is 4. The molecular formula is C28H33F4N3O. The first-order valence-corrected chi connectivity index (χ1v) is 12.7. The minimum absolute atomic E-state index is 0.0882. The predicted octanol–water partition coefficient (Wildman–Crippen LogP) is 5.99. The summed E-state index contributed by atoms with van der Waals surface area (Å²) in [6.45, 7) is 4.97. The van der Waals surface area contributed by atoms with Gasteiger partial charge >= 0.3 is 6.18 Å². The fourth-order valence-electron chi connectivity index (χ4n) is 5.74. The van der Waals surface area contributed by atoms with Crippen molar-refractivity contribution in [1.29, 1.82) is 0 Å². The zero-order valence-electron chi connectivity index (χ0n) is 20.7. The number of ether oxygens (including phenoxy) is 1. The van der Waals surface area contributed by atoms with Crippen molar-refractivity contribution in [2.75, 3.05) is 32.9 Å². The maximum atomic E-state index is 13.6. The maximum absolute atomic E-state index is 13.6. The van der Waals surface area contributed by atoms with E-state index in [2.05, 4.69) is 9.88 Å². The Morgan fingerprint density at radius 2 is 1.89 bits per heavy atom. The second-order valence-corrected chi connectivity index (χ2v) is 10.3. The molecule has 194 valence electrons. The molecule has 0 spiro atoms. The molecule has 0 bridgehead atoms. The van der Waals surface area contributed by atoms with E-state index in [0.29, 0.717) is 19.3 Å². The van der Waals surface area contributed by atoms with Gasteiger partial charge in [0.15, 0.2) is 0 Å². The number of aryl methyl sites for hydroxylation is 1. The molecule has 3 aromatic rings. The molecule has 2 aromatic carbocycles. The fraction of sp³-hybridized carbons (Fsp3) is 0.500. The molecule has 1 aromatic heterocycles. The summed E-state index contributed by atoms with van der Waals surface area (Å²) < 4.78 is 59.3. The van der Waals surface area contributed by atoms with Crippen molar-refractivity contribution in [3.8, 4) is 5.75 Å². The summed E-state index contributed by atoms with van der Waals surface area (Å²) in [5.41, 5.74) is 5.00. The van der Waals surface area contributed by atoms with E-state index in [1.165, 1.54) is 0 Å². The summed E-state index contributed by atoms with van der Waals surface area (Å²) in [4.78, 5) is 7.22. The largest absolute Gasteiger partial charge is 0.488 e. The first-order chi connectivity index (χ1) is 17.2. The van der Waals surface area contributed by atoms with Crippen LogP contribution in [0.25, 0.3) is 10.9 Å². The zero-order valence-corrected chi connectivity index (χ0v) is 20.7. The molecule has 0 amide bonds. The average molecular weight is 504 g/mol. The van der Waals surface area contributed by atoms with E-state index in [-0.39, 0.29) is 18.8 Å². The van der Waals surface area contributed by atoms with Crippen LogP contribution in [0.1, 0.15) is 41.8 Å². The molecule has 5 rings (SSSR count). The molecular weight excluding hydrogens is 470 g/mol. The molecule has 0 saturated carbocycles. The van der Waals surface area contributed by atoms with Crippen molar-refractivity contribution in [3.63, 3.8) is 0 Å². The fourth-order valence-corrected chi connectivity index (χ4v) is 5.74. The van der Waals surface area contributed by atoms with E-state index in [4.69, 9.17) is 4.74 Å². The number of nitrogens with one attached hydrogen (secondary N) is 1. The minimum atomic E-state index is -4.27. The highest BCUT2D eigenvalue weighted by molar-refractivity contribution is 5.85. The van der Waals surface area contributed by atoms with Gasteiger partial charge in [0, 0.05) is 42.3 Å². The van der Waals surface area contributed by atoms with E-state index in [1.807, 2.05) is 56.3 Å². The molecule has 2 atom stereocenters. The van der Waals surface area contributed by atoms with Gasteiger partial charge in [-0.2, -0.15) is 13.2 Å². The van der Waals surface area contributed by atoms with Crippen molar-refractivity contribution in [3.05, 3.63) is 64.8 Å². The number of para-hydroxylation sites is 1. The van der Waals surface area contributed by atoms with Gasteiger partial charge in [-0.1, -0.05) is 24.3 Å². The van der Waals surface area contributed by atoms with Gasteiger partial charge in [-0.05, 0) is 68.0 Å². The third-order valence-electron chi connectivity index (χ3n) is 7.57. The van der Waals surface area contributed by atoms with Crippen LogP contribution in [0.4, 0.5) is 17.6 Å². The number of hydrogen-bond acceptors (Lipinski definition) is 3. The van der Waals surface area contributed by atoms with E-state index in [9.17, 15) is 17.6 Å². The third-order valence-corrected chi connectivity index (χ3v) is 7.57. The number of H-pyrrole nitrogens is 1. The molecule has 36 heavy (non-hydrogen) atoms. The van der Waals surface area contributed by atoms with E-state index in [0.717, 1.165) is 58.7 Å². The molecule has 1 saturated heterocycles. The Morgan fingerprint density at radius 1 is 1.11 bits per heavy atom. The number of hydrogen-bond donors (Lipinski definition) is 1. The van der Waals surface area contributed by atoms with E-state index >= 15 is 0 Å². The second kappa shape index (κ2) is 10.1. The number of rotatable bonds is 8. The lowest BCUT2D eigenvalue weighted by atomic mass is 9.88. The second-order valence-electron chi connectivity index (χ2n) is 10.3. The molecule has 0 radical (unpaired) electrons. The van der Waals surface area contributed by atoms with Gasteiger partial charge in [-0.15, -0.1) is 0 Å². The highest BCUT2D eigenvalue weighted by Gasteiger charge is 2.41. The number of aromatic amines is 1. The van der Waals surface area contributed by atoms with Crippen molar-refractivity contribution < 1.29 is 22.3 Å². The molecule has 2 aliphatic rings. The van der Waals surface area contributed by atoms with E-state index < -0.39 is 18.8 Å². The van der Waals surface area contributed by atoms with Gasteiger partial charge in [-0.25, -0.2) is 0 Å². The van der Waals surface area contributed by atoms with Gasteiger partial charge in [0.05, 0.1) is 19.3 Å². The van der Waals surface area contributed by atoms with Crippen LogP contribution in [0.5, 0.6) is 5.75 Å². The SMILES string of the molecule is Cc1cc(OC2CN(CCCF)C2)ccc1CC1c2[nH]c3ccccc3c2CC(C)N1CC(F)(F)F. The molecule has 2 unspecified atom stereocenters. The lowest BCUT2D eigenvalue weighted by Gasteiger charge is -2.41. The molecule has 1 N–H and O–H groups in total. The monoisotopic (exact) mass is 503 g/mol. The number of fused-ring (bicyclic) bond motifs is 3. The van der Waals surface area contributed by atoms with Crippen LogP contribution in [0.3, 0.4) is 0 Å². The van der Waals surface area contributed by atoms with Crippen LogP contribution < -0.4 is 4.74 Å². The van der Waals surface area contributed by atoms with Gasteiger partial charge in [0.1, 0.15) is 11.9 Å². The summed E-state index contributed by atoms with van der Waals surface area (Å²) in [7, 11) is 0. The Morgan fingerprint density at radius 3 is 2.61 bits per heavy atom. The lowest BCUT2D eigenvalue weighted by molar-refractivity contribution is -0.157. The Balaban J connectivity index is 1.37. The Labute approximate surface area is 209 Å². The number of likely N-dealkylation sites (tertiary alicyclic amines) is 1. The minimum Gasteiger partial charge on any atom is -0.488 e. The molecule has 2 aliphatic heterocycles. The average Bonchev–Trinajstić information content (AvgIpc) is 3.16. The van der Waals surface area contributed by atoms with Crippen LogP contribution in [0.15, 0.2) is 42.5 Å². The van der Waals surface area contributed by atoms with Gasteiger partial charge in [-0.3, -0.25) is 14.2 Å². The number of benzene rings is 2. The van der Waals surface area contributed by atoms with Crippen molar-refractivity contribution in [2.24, 2.45) is 0 Å². The van der Waals surface area contributed by atoms with Crippen molar-refractivity contribution >= 4 is 10.9 Å². The zero-order chi connectivity index (χ0) is 25.4. The summed E-state index contributed by atoms with van der Waals surface area (Å²) in [5.74, 6) is 0.766. The summed E-state index contributed by atoms with van der Waals surface area (Å²) in [6, 6.07) is 13.2. The van der Waals surface area contributed by atoms with Gasteiger partial charge in [0.25, 0.3) is 0 Å². The highest BCUT2D eigenvalue weighted by Crippen LogP contribution is 2.41. The highest BCUT2D eigenvalue weighted by atomic mass is 19.4. The number of nitrogens with zero attached hydrogens (tertiary/aromatic N) is 2. The first kappa shape index (κ1) is 25.1. The Hall–Kier alpha value is -2.58. The topological polar surface area (TPSA) is 31.5 Å². The molecule has 4 nitrogen and oxygen atoms in total. The lowest BCUT2D eigenvalue weighted by Crippen LogP contribution is -2.53. The maximum Gasteiger partial charge on any atom is 0.401 e. The summed E-state index contributed by atoms with van der Waals surface area (Å²) in [5, 5.41) is 1.09. The van der Waals surface area contributed by atoms with Crippen LogP contribution in [-0.2, 0) is 12.8 Å². The Kier molecular flexibility index (Phi) is 7.01. The molecule has 0 aliphatic carbocycles. The van der Waals surface area contributed by atoms with Gasteiger partial charge < -0.3 is 9.72 Å². The Bertz CT molecular complexity index is 1200. The smallest absolute Gasteiger partial charge is 0.401 e. The third kappa shape index (κ3) is 5.25. The number of aromatic nitrogens is 1. The van der Waals surface area contributed by atoms with Crippen LogP contribution in [-0.4, -0.2) is 66.0 Å². The van der Waals surface area contributed by atoms with Crippen molar-refractivity contribution in [2.45, 2.75) is 57.5 Å². The molecule has 3 heterocycles. The summed E-state index contributed by atoms with van der Waals surface area (Å²) in [6.07, 6.45) is -2.58. The van der Waals surface area contributed by atoms with Gasteiger partial charge in [0.2, 0.25) is 0 Å². The normalized spacial score (nSPS) is 21.5.